The molecule has 5 aromatic carbocycles. The van der Waals surface area contributed by atoms with Crippen LogP contribution in [0.1, 0.15) is 167 Å². The second-order valence-corrected chi connectivity index (χ2v) is 25.6. The highest BCUT2D eigenvalue weighted by molar-refractivity contribution is 7.33. The van der Waals surface area contributed by atoms with Gasteiger partial charge in [0.15, 0.2) is 0 Å². The Labute approximate surface area is 378 Å². The molecule has 6 aromatic rings. The van der Waals surface area contributed by atoms with Crippen LogP contribution < -0.4 is 25.5 Å². The van der Waals surface area contributed by atoms with Gasteiger partial charge in [-0.2, -0.15) is 0 Å². The van der Waals surface area contributed by atoms with Crippen molar-refractivity contribution in [3.05, 3.63) is 123 Å². The van der Waals surface area contributed by atoms with Gasteiger partial charge in [0, 0.05) is 43.3 Å². The van der Waals surface area contributed by atoms with E-state index in [1.54, 1.807) is 5.56 Å². The van der Waals surface area contributed by atoms with Gasteiger partial charge in [-0.25, -0.2) is 0 Å². The van der Waals surface area contributed by atoms with Crippen molar-refractivity contribution in [2.45, 2.75) is 169 Å². The molecule has 0 spiro atoms. The van der Waals surface area contributed by atoms with Crippen molar-refractivity contribution >= 4 is 78.0 Å². The number of thiophene rings is 1. The van der Waals surface area contributed by atoms with Crippen LogP contribution in [0.4, 0.5) is 34.1 Å². The van der Waals surface area contributed by atoms with Gasteiger partial charge in [-0.05, 0) is 170 Å². The average Bonchev–Trinajstić information content (AvgIpc) is 3.56. The number of rotatable bonds is 2. The lowest BCUT2D eigenvalue weighted by molar-refractivity contribution is 0.331. The fourth-order valence-corrected chi connectivity index (χ4v) is 13.2. The summed E-state index contributed by atoms with van der Waals surface area (Å²) in [4.78, 5) is 5.46. The molecule has 62 heavy (non-hydrogen) atoms. The molecule has 4 aliphatic rings. The molecule has 0 atom stereocenters. The van der Waals surface area contributed by atoms with Crippen LogP contribution in [-0.4, -0.2) is 6.71 Å². The fourth-order valence-electron chi connectivity index (χ4n) is 11.9. The number of aryl methyl sites for hydroxylation is 2. The minimum atomic E-state index is 0.00207. The monoisotopic (exact) mass is 837 g/mol. The molecule has 0 bridgehead atoms. The van der Waals surface area contributed by atoms with Crippen molar-refractivity contribution in [1.29, 1.82) is 0 Å². The predicted molar refractivity (Wildman–Crippen MR) is 273 cm³/mol. The third-order valence-electron chi connectivity index (χ3n) is 16.0. The molecule has 0 saturated heterocycles. The molecule has 0 N–H and O–H groups in total. The van der Waals surface area contributed by atoms with Gasteiger partial charge in [0.05, 0.1) is 5.69 Å². The number of fused-ring (bicyclic) bond motifs is 9. The summed E-state index contributed by atoms with van der Waals surface area (Å²) in [5.41, 5.74) is 22.8. The summed E-state index contributed by atoms with van der Waals surface area (Å²) in [6, 6.07) is 32.3. The maximum absolute atomic E-state index is 2.80. The molecule has 0 amide bonds. The van der Waals surface area contributed by atoms with Crippen LogP contribution in [0.3, 0.4) is 0 Å². The summed E-state index contributed by atoms with van der Waals surface area (Å²) < 4.78 is 2.83. The maximum atomic E-state index is 2.80. The van der Waals surface area contributed by atoms with Crippen molar-refractivity contribution in [3.63, 3.8) is 0 Å². The van der Waals surface area contributed by atoms with E-state index in [0.29, 0.717) is 0 Å². The molecule has 0 radical (unpaired) electrons. The predicted octanol–water partition coefficient (Wildman–Crippen LogP) is 14.9. The zero-order chi connectivity index (χ0) is 44.4. The first-order valence-electron chi connectivity index (χ1n) is 23.6. The van der Waals surface area contributed by atoms with Crippen LogP contribution in [-0.2, 0) is 32.5 Å². The quantitative estimate of drug-likeness (QED) is 0.160. The third kappa shape index (κ3) is 6.08. The molecule has 0 unspecified atom stereocenters. The Morgan fingerprint density at radius 1 is 0.532 bits per heavy atom. The molecule has 0 saturated carbocycles. The van der Waals surface area contributed by atoms with E-state index in [1.807, 2.05) is 11.3 Å². The van der Waals surface area contributed by atoms with E-state index >= 15 is 0 Å². The van der Waals surface area contributed by atoms with Crippen molar-refractivity contribution in [1.82, 2.24) is 0 Å². The van der Waals surface area contributed by atoms with E-state index < -0.39 is 0 Å². The van der Waals surface area contributed by atoms with Gasteiger partial charge in [0.25, 0.3) is 6.71 Å². The number of nitrogens with zero attached hydrogens (tertiary/aromatic N) is 2. The normalized spacial score (nSPS) is 19.1. The highest BCUT2D eigenvalue weighted by Gasteiger charge is 2.50. The molecule has 3 heterocycles. The van der Waals surface area contributed by atoms with Crippen molar-refractivity contribution in [2.24, 2.45) is 0 Å². The highest BCUT2D eigenvalue weighted by Crippen LogP contribution is 2.56. The minimum absolute atomic E-state index is 0.00207. The van der Waals surface area contributed by atoms with Gasteiger partial charge >= 0.3 is 0 Å². The lowest BCUT2D eigenvalue weighted by Gasteiger charge is -2.50. The van der Waals surface area contributed by atoms with E-state index in [9.17, 15) is 0 Å². The van der Waals surface area contributed by atoms with Crippen LogP contribution in [0.15, 0.2) is 78.9 Å². The van der Waals surface area contributed by atoms with Crippen molar-refractivity contribution in [3.8, 4) is 0 Å². The van der Waals surface area contributed by atoms with Crippen molar-refractivity contribution < 1.29 is 0 Å². The maximum Gasteiger partial charge on any atom is 0.264 e. The summed E-state index contributed by atoms with van der Waals surface area (Å²) in [5.74, 6) is 0. The Hall–Kier alpha value is -4.28. The Bertz CT molecular complexity index is 2850. The van der Waals surface area contributed by atoms with E-state index in [0.717, 1.165) is 0 Å². The zero-order valence-electron chi connectivity index (χ0n) is 40.7. The number of hydrogen-bond acceptors (Lipinski definition) is 3. The molecule has 2 aliphatic carbocycles. The van der Waals surface area contributed by atoms with E-state index in [2.05, 4.69) is 199 Å². The number of benzene rings is 5. The SMILES string of the molecule is Cc1cc2c3c(c1)N(c1ccc(C(C)(C)C)cc1)c1c(sc4ccc(C(C)(C)C)cc14)B3c1ccc3c(c1N2c1cc2c(cc1C)C(C)(C)CCC2(C)C)C(C)(C)CCC3(C)C. The second kappa shape index (κ2) is 13.2. The summed E-state index contributed by atoms with van der Waals surface area (Å²) in [5, 5.41) is 1.37. The molecule has 1 aromatic heterocycles. The average molecular weight is 837 g/mol. The van der Waals surface area contributed by atoms with Crippen LogP contribution in [0.2, 0.25) is 0 Å². The van der Waals surface area contributed by atoms with Crippen LogP contribution in [0.5, 0.6) is 0 Å². The van der Waals surface area contributed by atoms with Gasteiger partial charge < -0.3 is 9.80 Å². The van der Waals surface area contributed by atoms with Gasteiger partial charge in [-0.15, -0.1) is 11.3 Å². The Morgan fingerprint density at radius 2 is 1.08 bits per heavy atom. The molecule has 0 fully saturated rings. The van der Waals surface area contributed by atoms with E-state index in [1.165, 1.54) is 125 Å². The Kier molecular flexibility index (Phi) is 8.85. The Morgan fingerprint density at radius 3 is 1.69 bits per heavy atom. The van der Waals surface area contributed by atoms with Gasteiger partial charge in [0.2, 0.25) is 0 Å². The fraction of sp³-hybridized carbons (Fsp3) is 0.448. The highest BCUT2D eigenvalue weighted by atomic mass is 32.1. The number of hydrogen-bond donors (Lipinski definition) is 0. The zero-order valence-corrected chi connectivity index (χ0v) is 41.5. The van der Waals surface area contributed by atoms with Crippen LogP contribution >= 0.6 is 11.3 Å². The molecule has 320 valence electrons. The largest absolute Gasteiger partial charge is 0.311 e. The third-order valence-corrected chi connectivity index (χ3v) is 17.2. The topological polar surface area (TPSA) is 6.48 Å². The van der Waals surface area contributed by atoms with Gasteiger partial charge in [-0.3, -0.25) is 0 Å². The second-order valence-electron chi connectivity index (χ2n) is 24.5. The summed E-state index contributed by atoms with van der Waals surface area (Å²) >= 11 is 2.03. The summed E-state index contributed by atoms with van der Waals surface area (Å²) in [7, 11) is 0. The van der Waals surface area contributed by atoms with Crippen LogP contribution in [0.25, 0.3) is 10.1 Å². The van der Waals surface area contributed by atoms with Gasteiger partial charge in [-0.1, -0.05) is 133 Å². The first-order valence-corrected chi connectivity index (χ1v) is 24.4. The first-order chi connectivity index (χ1) is 28.8. The smallest absolute Gasteiger partial charge is 0.264 e. The standard InChI is InChI=1S/C58H69BN2S/c1-34-29-45-49-46(30-34)61(44-33-42-41(31-35(44)2)56(11,12)25-26-57(42,13)14)51-43(23-22-40-48(51)58(15,16)28-27-55(40,9)10)59(49)52-50(39-32-37(54(6,7)8)19-24-47(39)62-52)60(45)38-20-17-36(18-21-38)53(3,4)5/h17-24,29-33H,25-28H2,1-16H3. The lowest BCUT2D eigenvalue weighted by atomic mass is 9.35. The molecular weight excluding hydrogens is 768 g/mol. The molecule has 2 nitrogen and oxygen atoms in total. The molecular formula is C58H69BN2S. The summed E-state index contributed by atoms with van der Waals surface area (Å²) in [6.07, 6.45) is 4.76. The lowest BCUT2D eigenvalue weighted by Crippen LogP contribution is -2.61. The van der Waals surface area contributed by atoms with E-state index in [4.69, 9.17) is 0 Å². The van der Waals surface area contributed by atoms with Crippen LogP contribution in [0, 0.1) is 13.8 Å². The van der Waals surface area contributed by atoms with E-state index in [-0.39, 0.29) is 39.2 Å². The Balaban J connectivity index is 1.36. The number of anilines is 6. The molecule has 10 rings (SSSR count). The molecule has 2 aliphatic heterocycles. The van der Waals surface area contributed by atoms with Crippen molar-refractivity contribution in [2.75, 3.05) is 9.80 Å². The first kappa shape index (κ1) is 41.7. The summed E-state index contributed by atoms with van der Waals surface area (Å²) in [6.45, 7) is 38.8. The minimum Gasteiger partial charge on any atom is -0.311 e. The van der Waals surface area contributed by atoms with Gasteiger partial charge in [0.1, 0.15) is 0 Å². The molecule has 4 heteroatoms.